The van der Waals surface area contributed by atoms with E-state index in [1.807, 2.05) is 30.3 Å². The summed E-state index contributed by atoms with van der Waals surface area (Å²) in [5, 5.41) is 9.36. The number of carbonyl (C=O) groups excluding carboxylic acids is 1. The van der Waals surface area contributed by atoms with Crippen LogP contribution in [0.5, 0.6) is 0 Å². The lowest BCUT2D eigenvalue weighted by molar-refractivity contribution is 0.0438. The Morgan fingerprint density at radius 3 is 3.00 bits per heavy atom. The Labute approximate surface area is 92.4 Å². The SMILES string of the molecule is C[C@@H](C#N)OC(=O)c1c[nH]c2ccccc12. The fourth-order valence-electron chi connectivity index (χ4n) is 1.49. The highest BCUT2D eigenvalue weighted by molar-refractivity contribution is 6.04. The smallest absolute Gasteiger partial charge is 0.341 e. The van der Waals surface area contributed by atoms with Crippen molar-refractivity contribution in [2.75, 3.05) is 0 Å². The molecule has 0 radical (unpaired) electrons. The fourth-order valence-corrected chi connectivity index (χ4v) is 1.49. The fraction of sp³-hybridized carbons (Fsp3) is 0.167. The number of aromatic amines is 1. The first-order valence-corrected chi connectivity index (χ1v) is 4.89. The van der Waals surface area contributed by atoms with Gasteiger partial charge in [0.05, 0.1) is 5.56 Å². The highest BCUT2D eigenvalue weighted by atomic mass is 16.5. The first-order chi connectivity index (χ1) is 7.72. The lowest BCUT2D eigenvalue weighted by Crippen LogP contribution is -2.12. The van der Waals surface area contributed by atoms with E-state index in [-0.39, 0.29) is 0 Å². The molecule has 1 aromatic carbocycles. The number of aromatic nitrogens is 1. The molecule has 80 valence electrons. The minimum atomic E-state index is -0.735. The van der Waals surface area contributed by atoms with Gasteiger partial charge in [0.25, 0.3) is 0 Å². The standard InChI is InChI=1S/C12H10N2O2/c1-8(6-13)16-12(15)10-7-14-11-5-3-2-4-9(10)11/h2-5,7-8,14H,1H3/t8-/m0/s1. The molecule has 2 aromatic rings. The van der Waals surface area contributed by atoms with E-state index < -0.39 is 12.1 Å². The molecule has 0 aliphatic carbocycles. The van der Waals surface area contributed by atoms with Crippen molar-refractivity contribution in [3.8, 4) is 6.07 Å². The van der Waals surface area contributed by atoms with E-state index >= 15 is 0 Å². The molecule has 0 aliphatic heterocycles. The number of nitrogens with one attached hydrogen (secondary N) is 1. The third-order valence-electron chi connectivity index (χ3n) is 2.27. The zero-order chi connectivity index (χ0) is 11.5. The van der Waals surface area contributed by atoms with Gasteiger partial charge in [-0.05, 0) is 13.0 Å². The van der Waals surface area contributed by atoms with Crippen LogP contribution in [0.3, 0.4) is 0 Å². The predicted molar refractivity (Wildman–Crippen MR) is 58.8 cm³/mol. The predicted octanol–water partition coefficient (Wildman–Crippen LogP) is 2.24. The first kappa shape index (κ1) is 10.2. The molecule has 0 spiro atoms. The summed E-state index contributed by atoms with van der Waals surface area (Å²) in [6.45, 7) is 1.53. The molecule has 1 aromatic heterocycles. The summed E-state index contributed by atoms with van der Waals surface area (Å²) >= 11 is 0. The van der Waals surface area contributed by atoms with E-state index in [0.717, 1.165) is 10.9 Å². The molecule has 0 saturated carbocycles. The van der Waals surface area contributed by atoms with Gasteiger partial charge >= 0.3 is 5.97 Å². The van der Waals surface area contributed by atoms with Crippen LogP contribution in [0.15, 0.2) is 30.5 Å². The van der Waals surface area contributed by atoms with Gasteiger partial charge in [0.1, 0.15) is 6.07 Å². The van der Waals surface area contributed by atoms with Gasteiger partial charge in [0, 0.05) is 17.1 Å². The normalized spacial score (nSPS) is 12.0. The van der Waals surface area contributed by atoms with Crippen LogP contribution >= 0.6 is 0 Å². The highest BCUT2D eigenvalue weighted by Gasteiger charge is 2.15. The van der Waals surface area contributed by atoms with Crippen molar-refractivity contribution >= 4 is 16.9 Å². The van der Waals surface area contributed by atoms with Crippen LogP contribution in [0.25, 0.3) is 10.9 Å². The quantitative estimate of drug-likeness (QED) is 0.779. The third-order valence-corrected chi connectivity index (χ3v) is 2.27. The van der Waals surface area contributed by atoms with Crippen LogP contribution in [-0.4, -0.2) is 17.1 Å². The van der Waals surface area contributed by atoms with E-state index in [2.05, 4.69) is 4.98 Å². The summed E-state index contributed by atoms with van der Waals surface area (Å²) < 4.78 is 4.93. The molecule has 16 heavy (non-hydrogen) atoms. The summed E-state index contributed by atoms with van der Waals surface area (Å²) in [6.07, 6.45) is 0.859. The molecule has 1 N–H and O–H groups in total. The van der Waals surface area contributed by atoms with Crippen molar-refractivity contribution in [2.24, 2.45) is 0 Å². The van der Waals surface area contributed by atoms with Crippen LogP contribution < -0.4 is 0 Å². The number of para-hydroxylation sites is 1. The first-order valence-electron chi connectivity index (χ1n) is 4.89. The maximum absolute atomic E-state index is 11.7. The van der Waals surface area contributed by atoms with Gasteiger partial charge in [0.15, 0.2) is 6.10 Å². The number of benzene rings is 1. The van der Waals surface area contributed by atoms with Crippen LogP contribution in [0.4, 0.5) is 0 Å². The molecule has 4 heteroatoms. The van der Waals surface area contributed by atoms with E-state index in [1.165, 1.54) is 6.92 Å². The van der Waals surface area contributed by atoms with Crippen LogP contribution in [0, 0.1) is 11.3 Å². The maximum Gasteiger partial charge on any atom is 0.341 e. The van der Waals surface area contributed by atoms with E-state index in [1.54, 1.807) is 6.20 Å². The molecule has 1 heterocycles. The van der Waals surface area contributed by atoms with Crippen LogP contribution in [-0.2, 0) is 4.74 Å². The van der Waals surface area contributed by atoms with Crippen molar-refractivity contribution in [3.05, 3.63) is 36.0 Å². The summed E-state index contributed by atoms with van der Waals surface area (Å²) in [6, 6.07) is 9.29. The summed E-state index contributed by atoms with van der Waals surface area (Å²) in [5.74, 6) is -0.480. The lowest BCUT2D eigenvalue weighted by atomic mass is 10.2. The molecule has 0 bridgehead atoms. The van der Waals surface area contributed by atoms with Crippen molar-refractivity contribution in [1.82, 2.24) is 4.98 Å². The van der Waals surface area contributed by atoms with Crippen molar-refractivity contribution in [3.63, 3.8) is 0 Å². The number of esters is 1. The largest absolute Gasteiger partial charge is 0.444 e. The number of nitriles is 1. The topological polar surface area (TPSA) is 65.9 Å². The second-order valence-electron chi connectivity index (χ2n) is 3.42. The van der Waals surface area contributed by atoms with Crippen molar-refractivity contribution in [1.29, 1.82) is 5.26 Å². The van der Waals surface area contributed by atoms with Gasteiger partial charge in [-0.15, -0.1) is 0 Å². The zero-order valence-corrected chi connectivity index (χ0v) is 8.73. The monoisotopic (exact) mass is 214 g/mol. The Bertz CT molecular complexity index is 566. The molecule has 0 saturated heterocycles. The average Bonchev–Trinajstić information content (AvgIpc) is 2.72. The molecule has 0 aliphatic rings. The highest BCUT2D eigenvalue weighted by Crippen LogP contribution is 2.18. The second-order valence-corrected chi connectivity index (χ2v) is 3.42. The average molecular weight is 214 g/mol. The van der Waals surface area contributed by atoms with Crippen LogP contribution in [0.2, 0.25) is 0 Å². The maximum atomic E-state index is 11.7. The summed E-state index contributed by atoms with van der Waals surface area (Å²) in [5.41, 5.74) is 1.33. The van der Waals surface area contributed by atoms with Gasteiger partial charge in [0.2, 0.25) is 0 Å². The van der Waals surface area contributed by atoms with Gasteiger partial charge in [-0.3, -0.25) is 0 Å². The van der Waals surface area contributed by atoms with Gasteiger partial charge in [-0.25, -0.2) is 4.79 Å². The number of hydrogen-bond donors (Lipinski definition) is 1. The minimum absolute atomic E-state index is 0.456. The number of rotatable bonds is 2. The van der Waals surface area contributed by atoms with Crippen LogP contribution in [0.1, 0.15) is 17.3 Å². The van der Waals surface area contributed by atoms with E-state index in [4.69, 9.17) is 10.00 Å². The lowest BCUT2D eigenvalue weighted by Gasteiger charge is -2.04. The van der Waals surface area contributed by atoms with E-state index in [9.17, 15) is 4.79 Å². The Morgan fingerprint density at radius 1 is 1.50 bits per heavy atom. The third kappa shape index (κ3) is 1.75. The number of hydrogen-bond acceptors (Lipinski definition) is 3. The molecule has 0 amide bonds. The van der Waals surface area contributed by atoms with Crippen molar-refractivity contribution < 1.29 is 9.53 Å². The number of fused-ring (bicyclic) bond motifs is 1. The zero-order valence-electron chi connectivity index (χ0n) is 8.73. The number of carbonyl (C=O) groups is 1. The Kier molecular flexibility index (Phi) is 2.61. The molecule has 2 rings (SSSR count). The molecular weight excluding hydrogens is 204 g/mol. The van der Waals surface area contributed by atoms with Crippen molar-refractivity contribution in [2.45, 2.75) is 13.0 Å². The molecular formula is C12H10N2O2. The number of ether oxygens (including phenoxy) is 1. The molecule has 4 nitrogen and oxygen atoms in total. The summed E-state index contributed by atoms with van der Waals surface area (Å²) in [4.78, 5) is 14.7. The second kappa shape index (κ2) is 4.07. The number of H-pyrrole nitrogens is 1. The van der Waals surface area contributed by atoms with Gasteiger partial charge < -0.3 is 9.72 Å². The Hall–Kier alpha value is -2.28. The van der Waals surface area contributed by atoms with Gasteiger partial charge in [-0.1, -0.05) is 18.2 Å². The molecule has 0 fully saturated rings. The van der Waals surface area contributed by atoms with Gasteiger partial charge in [-0.2, -0.15) is 5.26 Å². The Balaban J connectivity index is 2.34. The van der Waals surface area contributed by atoms with E-state index in [0.29, 0.717) is 5.56 Å². The molecule has 0 unspecified atom stereocenters. The summed E-state index contributed by atoms with van der Waals surface area (Å²) in [7, 11) is 0. The number of nitrogens with zero attached hydrogens (tertiary/aromatic N) is 1. The minimum Gasteiger partial charge on any atom is -0.444 e. The Morgan fingerprint density at radius 2 is 2.25 bits per heavy atom. The molecule has 1 atom stereocenters.